The van der Waals surface area contributed by atoms with Crippen LogP contribution in [0.4, 0.5) is 0 Å². The molecule has 0 aromatic heterocycles. The van der Waals surface area contributed by atoms with Crippen LogP contribution >= 0.6 is 8.25 Å². The van der Waals surface area contributed by atoms with Crippen LogP contribution in [0.25, 0.3) is 0 Å². The van der Waals surface area contributed by atoms with Crippen molar-refractivity contribution in [3.8, 4) is 0 Å². The molecule has 0 aromatic rings. The fourth-order valence-corrected chi connectivity index (χ4v) is 2.00. The van der Waals surface area contributed by atoms with Gasteiger partial charge < -0.3 is 5.11 Å². The van der Waals surface area contributed by atoms with Gasteiger partial charge in [0.05, 0.1) is 0 Å². The summed E-state index contributed by atoms with van der Waals surface area (Å²) >= 11 is 0. The normalized spacial score (nSPS) is 9.29. The second-order valence-electron chi connectivity index (χ2n) is 4.53. The molecule has 0 aliphatic rings. The zero-order valence-electron chi connectivity index (χ0n) is 13.8. The first-order valence-electron chi connectivity index (χ1n) is 7.47. The van der Waals surface area contributed by atoms with Crippen LogP contribution in [0.3, 0.4) is 0 Å². The van der Waals surface area contributed by atoms with Gasteiger partial charge in [0.15, 0.2) is 0 Å². The van der Waals surface area contributed by atoms with E-state index in [4.69, 9.17) is 18.9 Å². The van der Waals surface area contributed by atoms with E-state index in [0.717, 1.165) is 32.6 Å². The Labute approximate surface area is 150 Å². The standard InChI is InChI=1S/C12H26O3P.C2H4O2.Hg/c1-3-5-7-9-11-14-16(13)15-12-10-8-6-4-2;1-2(3)4;/h3-12H2,1-2H3;1H3,(H,3,4);/q+1;;. The molecule has 0 atom stereocenters. The van der Waals surface area contributed by atoms with Crippen LogP contribution in [0, 0.1) is 0 Å². The maximum absolute atomic E-state index is 11.2. The molecule has 0 aliphatic heterocycles. The Morgan fingerprint density at radius 1 is 0.905 bits per heavy atom. The predicted octanol–water partition coefficient (Wildman–Crippen LogP) is 4.93. The Kier molecular flexibility index (Phi) is 28.5. The quantitative estimate of drug-likeness (QED) is 0.229. The van der Waals surface area contributed by atoms with E-state index in [1.165, 1.54) is 25.7 Å². The van der Waals surface area contributed by atoms with Crippen LogP contribution < -0.4 is 0 Å². The van der Waals surface area contributed by atoms with Crippen molar-refractivity contribution in [2.75, 3.05) is 13.2 Å². The van der Waals surface area contributed by atoms with Gasteiger partial charge in [-0.2, -0.15) is 0 Å². The number of hydrogen-bond acceptors (Lipinski definition) is 4. The molecule has 0 saturated carbocycles. The van der Waals surface area contributed by atoms with E-state index >= 15 is 0 Å². The van der Waals surface area contributed by atoms with E-state index < -0.39 is 14.2 Å². The van der Waals surface area contributed by atoms with Crippen LogP contribution in [0.5, 0.6) is 0 Å². The first kappa shape index (κ1) is 26.3. The molecule has 0 aromatic carbocycles. The first-order chi connectivity index (χ1) is 9.54. The number of carbonyl (C=O) groups is 1. The molecule has 0 rings (SSSR count). The predicted molar refractivity (Wildman–Crippen MR) is 81.1 cm³/mol. The Bertz CT molecular complexity index is 219. The average molecular weight is 510 g/mol. The molecule has 0 amide bonds. The van der Waals surface area contributed by atoms with Crippen LogP contribution in [0.2, 0.25) is 0 Å². The third kappa shape index (κ3) is 33.3. The third-order valence-electron chi connectivity index (χ3n) is 2.39. The van der Waals surface area contributed by atoms with E-state index in [1.54, 1.807) is 0 Å². The number of hydrogen-bond donors (Lipinski definition) is 1. The topological polar surface area (TPSA) is 72.8 Å². The van der Waals surface area contributed by atoms with Crippen molar-refractivity contribution < 1.29 is 51.2 Å². The second-order valence-corrected chi connectivity index (χ2v) is 5.49. The van der Waals surface area contributed by atoms with Gasteiger partial charge in [-0.15, -0.1) is 9.05 Å². The molecule has 0 unspecified atom stereocenters. The molecule has 0 radical (unpaired) electrons. The number of unbranched alkanes of at least 4 members (excludes halogenated alkanes) is 6. The van der Waals surface area contributed by atoms with Gasteiger partial charge in [0.25, 0.3) is 5.97 Å². The van der Waals surface area contributed by atoms with Gasteiger partial charge in [-0.3, -0.25) is 4.79 Å². The van der Waals surface area contributed by atoms with E-state index in [1.807, 2.05) is 0 Å². The van der Waals surface area contributed by atoms with Gasteiger partial charge in [-0.25, -0.2) is 0 Å². The molecule has 5 nitrogen and oxygen atoms in total. The molecule has 0 spiro atoms. The first-order valence-corrected chi connectivity index (χ1v) is 8.56. The molecule has 0 aliphatic carbocycles. The van der Waals surface area contributed by atoms with E-state index in [-0.39, 0.29) is 27.7 Å². The average Bonchev–Trinajstić information content (AvgIpc) is 2.37. The Morgan fingerprint density at radius 2 is 1.24 bits per heavy atom. The van der Waals surface area contributed by atoms with E-state index in [9.17, 15) is 4.57 Å². The van der Waals surface area contributed by atoms with Gasteiger partial charge in [0.2, 0.25) is 0 Å². The van der Waals surface area contributed by atoms with Crippen molar-refractivity contribution in [2.24, 2.45) is 0 Å². The van der Waals surface area contributed by atoms with Crippen LogP contribution in [0.15, 0.2) is 0 Å². The molecule has 7 heteroatoms. The van der Waals surface area contributed by atoms with Crippen LogP contribution in [0.1, 0.15) is 72.1 Å². The summed E-state index contributed by atoms with van der Waals surface area (Å²) in [7, 11) is -1.87. The SMILES string of the molecule is CC(=O)O.CCCCCCO[P+](=O)OCCCCCC.[Hg]. The second kappa shape index (κ2) is 22.7. The summed E-state index contributed by atoms with van der Waals surface area (Å²) in [6.45, 7) is 6.54. The van der Waals surface area contributed by atoms with Crippen molar-refractivity contribution in [1.29, 1.82) is 0 Å². The molecule has 0 fully saturated rings. The monoisotopic (exact) mass is 511 g/mol. The maximum atomic E-state index is 11.2. The van der Waals surface area contributed by atoms with E-state index in [0.29, 0.717) is 13.2 Å². The molecule has 0 heterocycles. The summed E-state index contributed by atoms with van der Waals surface area (Å²) in [6.07, 6.45) is 9.12. The summed E-state index contributed by atoms with van der Waals surface area (Å²) < 4.78 is 21.4. The summed E-state index contributed by atoms with van der Waals surface area (Å²) in [5, 5.41) is 7.42. The van der Waals surface area contributed by atoms with Crippen molar-refractivity contribution in [3.05, 3.63) is 0 Å². The third-order valence-corrected chi connectivity index (χ3v) is 3.18. The zero-order chi connectivity index (χ0) is 15.6. The fourth-order valence-electron chi connectivity index (χ4n) is 1.37. The van der Waals surface area contributed by atoms with Gasteiger partial charge in [-0.1, -0.05) is 52.4 Å². The number of aliphatic carboxylic acids is 1. The summed E-state index contributed by atoms with van der Waals surface area (Å²) in [5.41, 5.74) is 0. The maximum Gasteiger partial charge on any atom is 0.697 e. The molecule has 0 saturated heterocycles. The number of rotatable bonds is 12. The molecule has 1 N–H and O–H groups in total. The summed E-state index contributed by atoms with van der Waals surface area (Å²) in [4.78, 5) is 9.00. The van der Waals surface area contributed by atoms with Gasteiger partial charge in [0, 0.05) is 39.2 Å². The number of carboxylic acid groups (broad SMARTS) is 1. The smallest absolute Gasteiger partial charge is 0.481 e. The minimum atomic E-state index is -1.87. The zero-order valence-corrected chi connectivity index (χ0v) is 20.2. The Hall–Kier alpha value is 0.425. The van der Waals surface area contributed by atoms with Crippen molar-refractivity contribution in [3.63, 3.8) is 0 Å². The van der Waals surface area contributed by atoms with E-state index in [2.05, 4.69) is 13.8 Å². The Balaban J connectivity index is -0.000000572. The molecule has 122 valence electrons. The number of carboxylic acids is 1. The Morgan fingerprint density at radius 3 is 1.52 bits per heavy atom. The van der Waals surface area contributed by atoms with Gasteiger partial charge in [0.1, 0.15) is 13.2 Å². The van der Waals surface area contributed by atoms with Crippen molar-refractivity contribution >= 4 is 14.2 Å². The molecule has 0 bridgehead atoms. The van der Waals surface area contributed by atoms with Crippen molar-refractivity contribution in [2.45, 2.75) is 72.1 Å². The molecular weight excluding hydrogens is 480 g/mol. The van der Waals surface area contributed by atoms with Gasteiger partial charge in [-0.05, 0) is 12.8 Å². The largest absolute Gasteiger partial charge is 0.697 e. The van der Waals surface area contributed by atoms with Gasteiger partial charge >= 0.3 is 8.25 Å². The van der Waals surface area contributed by atoms with Crippen LogP contribution in [-0.4, -0.2) is 24.3 Å². The minimum absolute atomic E-state index is 0. The summed E-state index contributed by atoms with van der Waals surface area (Å²) in [6, 6.07) is 0. The molecular formula is C14H30HgO5P+. The van der Waals surface area contributed by atoms with Crippen LogP contribution in [-0.2, 0) is 46.1 Å². The fraction of sp³-hybridized carbons (Fsp3) is 0.929. The molecule has 21 heavy (non-hydrogen) atoms. The van der Waals surface area contributed by atoms with Crippen molar-refractivity contribution in [1.82, 2.24) is 0 Å². The summed E-state index contributed by atoms with van der Waals surface area (Å²) in [5.74, 6) is -0.833. The minimum Gasteiger partial charge on any atom is -0.481 e.